The molecule has 0 heterocycles. The van der Waals surface area contributed by atoms with Crippen molar-refractivity contribution in [1.29, 1.82) is 0 Å². The van der Waals surface area contributed by atoms with Gasteiger partial charge in [-0.05, 0) is 23.5 Å². The zero-order valence-electron chi connectivity index (χ0n) is 11.3. The lowest BCUT2D eigenvalue weighted by atomic mass is 9.91. The van der Waals surface area contributed by atoms with Gasteiger partial charge >= 0.3 is 0 Å². The summed E-state index contributed by atoms with van der Waals surface area (Å²) in [5.41, 5.74) is 1.96. The molecular formula is C16H17NO3. The van der Waals surface area contributed by atoms with Gasteiger partial charge in [-0.1, -0.05) is 49.4 Å². The third-order valence-corrected chi connectivity index (χ3v) is 3.38. The first-order valence-corrected chi connectivity index (χ1v) is 6.54. The van der Waals surface area contributed by atoms with E-state index in [0.29, 0.717) is 6.42 Å². The van der Waals surface area contributed by atoms with Crippen LogP contribution < -0.4 is 0 Å². The van der Waals surface area contributed by atoms with Gasteiger partial charge in [0.05, 0.1) is 11.0 Å². The van der Waals surface area contributed by atoms with Crippen LogP contribution in [0.15, 0.2) is 54.6 Å². The topological polar surface area (TPSA) is 63.4 Å². The molecule has 0 spiro atoms. The molecule has 2 unspecified atom stereocenters. The molecule has 0 radical (unpaired) electrons. The molecule has 2 atom stereocenters. The Morgan fingerprint density at radius 1 is 1.10 bits per heavy atom. The van der Waals surface area contributed by atoms with E-state index in [1.807, 2.05) is 37.3 Å². The van der Waals surface area contributed by atoms with Gasteiger partial charge in [-0.2, -0.15) is 0 Å². The first-order chi connectivity index (χ1) is 9.58. The SMILES string of the molecule is CC(Cc1ccc([N+](=O)[O-])cc1)C(O)c1ccccc1. The molecule has 4 heteroatoms. The lowest BCUT2D eigenvalue weighted by molar-refractivity contribution is -0.384. The number of aliphatic hydroxyl groups is 1. The van der Waals surface area contributed by atoms with Gasteiger partial charge in [0.15, 0.2) is 0 Å². The number of nitro groups is 1. The quantitative estimate of drug-likeness (QED) is 0.668. The highest BCUT2D eigenvalue weighted by molar-refractivity contribution is 5.33. The summed E-state index contributed by atoms with van der Waals surface area (Å²) in [5, 5.41) is 20.9. The zero-order chi connectivity index (χ0) is 14.5. The fraction of sp³-hybridized carbons (Fsp3) is 0.250. The van der Waals surface area contributed by atoms with Crippen LogP contribution >= 0.6 is 0 Å². The van der Waals surface area contributed by atoms with Crippen LogP contribution in [0.25, 0.3) is 0 Å². The maximum absolute atomic E-state index is 10.6. The van der Waals surface area contributed by atoms with Crippen LogP contribution in [-0.4, -0.2) is 10.0 Å². The maximum Gasteiger partial charge on any atom is 0.269 e. The smallest absolute Gasteiger partial charge is 0.269 e. The first-order valence-electron chi connectivity index (χ1n) is 6.54. The van der Waals surface area contributed by atoms with E-state index in [0.717, 1.165) is 11.1 Å². The maximum atomic E-state index is 10.6. The van der Waals surface area contributed by atoms with E-state index in [4.69, 9.17) is 0 Å². The summed E-state index contributed by atoms with van der Waals surface area (Å²) in [7, 11) is 0. The number of nitro benzene ring substituents is 1. The van der Waals surface area contributed by atoms with E-state index in [1.165, 1.54) is 12.1 Å². The molecule has 0 fully saturated rings. The molecule has 2 aromatic rings. The Balaban J connectivity index is 2.04. The molecule has 1 N–H and O–H groups in total. The minimum atomic E-state index is -0.536. The van der Waals surface area contributed by atoms with E-state index >= 15 is 0 Å². The second-order valence-corrected chi connectivity index (χ2v) is 4.96. The summed E-state index contributed by atoms with van der Waals surface area (Å²) in [5.74, 6) is 0.0406. The van der Waals surface area contributed by atoms with Gasteiger partial charge in [0, 0.05) is 12.1 Å². The molecule has 0 aliphatic rings. The fourth-order valence-corrected chi connectivity index (χ4v) is 2.22. The zero-order valence-corrected chi connectivity index (χ0v) is 11.3. The van der Waals surface area contributed by atoms with E-state index in [9.17, 15) is 15.2 Å². The second-order valence-electron chi connectivity index (χ2n) is 4.96. The standard InChI is InChI=1S/C16H17NO3/c1-12(16(18)14-5-3-2-4-6-14)11-13-7-9-15(10-8-13)17(19)20/h2-10,12,16,18H,11H2,1H3. The van der Waals surface area contributed by atoms with Crippen molar-refractivity contribution >= 4 is 5.69 Å². The summed E-state index contributed by atoms with van der Waals surface area (Å²) in [6, 6.07) is 16.0. The number of aliphatic hydroxyl groups excluding tert-OH is 1. The molecular weight excluding hydrogens is 254 g/mol. The molecule has 4 nitrogen and oxygen atoms in total. The minimum absolute atomic E-state index is 0.0406. The van der Waals surface area contributed by atoms with Crippen LogP contribution in [0.1, 0.15) is 24.2 Å². The normalized spacial score (nSPS) is 13.7. The predicted octanol–water partition coefficient (Wildman–Crippen LogP) is 3.51. The third-order valence-electron chi connectivity index (χ3n) is 3.38. The van der Waals surface area contributed by atoms with Crippen LogP contribution in [-0.2, 0) is 6.42 Å². The Morgan fingerprint density at radius 2 is 1.70 bits per heavy atom. The largest absolute Gasteiger partial charge is 0.388 e. The molecule has 0 aliphatic heterocycles. The Morgan fingerprint density at radius 3 is 2.25 bits per heavy atom. The molecule has 20 heavy (non-hydrogen) atoms. The van der Waals surface area contributed by atoms with Gasteiger partial charge < -0.3 is 5.11 Å². The lowest BCUT2D eigenvalue weighted by Gasteiger charge is -2.19. The van der Waals surface area contributed by atoms with Crippen molar-refractivity contribution < 1.29 is 10.0 Å². The summed E-state index contributed by atoms with van der Waals surface area (Å²) in [6.45, 7) is 1.97. The highest BCUT2D eigenvalue weighted by atomic mass is 16.6. The second kappa shape index (κ2) is 6.30. The molecule has 2 aromatic carbocycles. The third kappa shape index (κ3) is 3.42. The van der Waals surface area contributed by atoms with E-state index < -0.39 is 11.0 Å². The van der Waals surface area contributed by atoms with Gasteiger partial charge in [0.1, 0.15) is 0 Å². The van der Waals surface area contributed by atoms with Crippen molar-refractivity contribution in [3.8, 4) is 0 Å². The molecule has 0 aromatic heterocycles. The Labute approximate surface area is 117 Å². The van der Waals surface area contributed by atoms with Crippen LogP contribution in [0, 0.1) is 16.0 Å². The van der Waals surface area contributed by atoms with Gasteiger partial charge in [-0.25, -0.2) is 0 Å². The number of hydrogen-bond donors (Lipinski definition) is 1. The van der Waals surface area contributed by atoms with Crippen LogP contribution in [0.5, 0.6) is 0 Å². The molecule has 0 saturated carbocycles. The average molecular weight is 271 g/mol. The van der Waals surface area contributed by atoms with Gasteiger partial charge in [-0.15, -0.1) is 0 Å². The summed E-state index contributed by atoms with van der Waals surface area (Å²) < 4.78 is 0. The Hall–Kier alpha value is -2.20. The monoisotopic (exact) mass is 271 g/mol. The van der Waals surface area contributed by atoms with Gasteiger partial charge in [0.25, 0.3) is 5.69 Å². The summed E-state index contributed by atoms with van der Waals surface area (Å²) in [6.07, 6.45) is 0.139. The van der Waals surface area contributed by atoms with Crippen molar-refractivity contribution in [2.45, 2.75) is 19.4 Å². The van der Waals surface area contributed by atoms with Crippen molar-refractivity contribution in [2.24, 2.45) is 5.92 Å². The van der Waals surface area contributed by atoms with E-state index in [-0.39, 0.29) is 11.6 Å². The van der Waals surface area contributed by atoms with Gasteiger partial charge in [0.2, 0.25) is 0 Å². The molecule has 0 amide bonds. The molecule has 2 rings (SSSR count). The summed E-state index contributed by atoms with van der Waals surface area (Å²) >= 11 is 0. The lowest BCUT2D eigenvalue weighted by Crippen LogP contribution is -2.11. The van der Waals surface area contributed by atoms with E-state index in [2.05, 4.69) is 0 Å². The number of hydrogen-bond acceptors (Lipinski definition) is 3. The molecule has 0 bridgehead atoms. The highest BCUT2D eigenvalue weighted by Crippen LogP contribution is 2.25. The fourth-order valence-electron chi connectivity index (χ4n) is 2.22. The average Bonchev–Trinajstić information content (AvgIpc) is 2.48. The molecule has 0 saturated heterocycles. The van der Waals surface area contributed by atoms with Crippen molar-refractivity contribution in [2.75, 3.05) is 0 Å². The summed E-state index contributed by atoms with van der Waals surface area (Å²) in [4.78, 5) is 10.2. The Kier molecular flexibility index (Phi) is 4.48. The van der Waals surface area contributed by atoms with E-state index in [1.54, 1.807) is 12.1 Å². The number of non-ortho nitro benzene ring substituents is 1. The van der Waals surface area contributed by atoms with Crippen LogP contribution in [0.4, 0.5) is 5.69 Å². The number of rotatable bonds is 5. The first kappa shape index (κ1) is 14.2. The number of nitrogens with zero attached hydrogens (tertiary/aromatic N) is 1. The van der Waals surface area contributed by atoms with Crippen LogP contribution in [0.2, 0.25) is 0 Å². The van der Waals surface area contributed by atoms with Crippen molar-refractivity contribution in [3.63, 3.8) is 0 Å². The minimum Gasteiger partial charge on any atom is -0.388 e. The highest BCUT2D eigenvalue weighted by Gasteiger charge is 2.17. The molecule has 0 aliphatic carbocycles. The number of benzene rings is 2. The Bertz CT molecular complexity index is 566. The predicted molar refractivity (Wildman–Crippen MR) is 77.4 cm³/mol. The van der Waals surface area contributed by atoms with Gasteiger partial charge in [-0.3, -0.25) is 10.1 Å². The molecule has 104 valence electrons. The van der Waals surface area contributed by atoms with Crippen molar-refractivity contribution in [1.82, 2.24) is 0 Å². The van der Waals surface area contributed by atoms with Crippen LogP contribution in [0.3, 0.4) is 0 Å². The van der Waals surface area contributed by atoms with Crippen molar-refractivity contribution in [3.05, 3.63) is 75.8 Å².